The van der Waals surface area contributed by atoms with E-state index in [-0.39, 0.29) is 13.2 Å². The maximum atomic E-state index is 12.2. The molecule has 9 heteroatoms. The van der Waals surface area contributed by atoms with E-state index < -0.39 is 33.2 Å². The molecule has 47 heavy (non-hydrogen) atoms. The number of rotatable bonds is 39. The fraction of sp³-hybridized carbons (Fsp3) is 0.947. The summed E-state index contributed by atoms with van der Waals surface area (Å²) < 4.78 is 33.9. The molecule has 0 rings (SSSR count). The topological polar surface area (TPSA) is 115 Å². The summed E-state index contributed by atoms with van der Waals surface area (Å²) in [7, 11) is -4.38. The molecule has 0 heterocycles. The van der Waals surface area contributed by atoms with Gasteiger partial charge in [0.15, 0.2) is 0 Å². The molecule has 0 amide bonds. The Labute approximate surface area is 290 Å². The molecule has 282 valence electrons. The molecule has 0 aliphatic carbocycles. The average molecular weight is 693 g/mol. The molecule has 0 radical (unpaired) electrons. The van der Waals surface area contributed by atoms with Gasteiger partial charge in [0.05, 0.1) is 26.4 Å². The minimum Gasteiger partial charge on any atom is -0.394 e. The van der Waals surface area contributed by atoms with E-state index in [2.05, 4.69) is 26.0 Å². The van der Waals surface area contributed by atoms with E-state index in [1.54, 1.807) is 0 Å². The highest BCUT2D eigenvalue weighted by molar-refractivity contribution is 7.47. The van der Waals surface area contributed by atoms with E-state index in [0.717, 1.165) is 25.7 Å². The van der Waals surface area contributed by atoms with Crippen molar-refractivity contribution in [2.24, 2.45) is 0 Å². The molecule has 0 saturated carbocycles. The number of unbranched alkanes of at least 4 members (excludes halogenated alkanes) is 23. The largest absolute Gasteiger partial charge is 0.472 e. The molecule has 0 aliphatic heterocycles. The number of aliphatic hydroxyl groups is 2. The summed E-state index contributed by atoms with van der Waals surface area (Å²) in [5, 5.41) is 18.3. The lowest BCUT2D eigenvalue weighted by Crippen LogP contribution is -2.27. The van der Waals surface area contributed by atoms with Crippen LogP contribution in [0.15, 0.2) is 12.2 Å². The Kier molecular flexibility index (Phi) is 36.7. The minimum absolute atomic E-state index is 0.145. The Morgan fingerprint density at radius 3 is 1.45 bits per heavy atom. The van der Waals surface area contributed by atoms with Gasteiger partial charge in [-0.25, -0.2) is 4.57 Å². The predicted octanol–water partition coefficient (Wildman–Crippen LogP) is 10.6. The highest BCUT2D eigenvalue weighted by atomic mass is 31.2. The van der Waals surface area contributed by atoms with E-state index in [0.29, 0.717) is 13.2 Å². The average Bonchev–Trinajstić information content (AvgIpc) is 3.07. The standard InChI is InChI=1S/C38H77O8P/c1-3-5-7-9-11-13-15-17-19-21-23-25-27-29-31-43-35-38(36-46-47(41,42)45-34-37(40)33-39)44-32-30-28-26-24-22-20-18-16-14-12-10-8-6-4-2/h14,16,37-40H,3-13,15,17-36H2,1-2H3,(H,41,42)/b16-14-. The van der Waals surface area contributed by atoms with Crippen molar-refractivity contribution in [1.29, 1.82) is 0 Å². The van der Waals surface area contributed by atoms with E-state index >= 15 is 0 Å². The van der Waals surface area contributed by atoms with Crippen LogP contribution in [0, 0.1) is 0 Å². The first kappa shape index (κ1) is 46.7. The second kappa shape index (κ2) is 37.0. The van der Waals surface area contributed by atoms with Gasteiger partial charge >= 0.3 is 7.82 Å². The first-order chi connectivity index (χ1) is 22.9. The molecule has 0 aromatic heterocycles. The number of hydrogen-bond donors (Lipinski definition) is 3. The third kappa shape index (κ3) is 36.8. The number of ether oxygens (including phenoxy) is 2. The van der Waals surface area contributed by atoms with Crippen molar-refractivity contribution in [3.63, 3.8) is 0 Å². The van der Waals surface area contributed by atoms with Crippen LogP contribution in [0.2, 0.25) is 0 Å². The van der Waals surface area contributed by atoms with Gasteiger partial charge in [-0.15, -0.1) is 0 Å². The van der Waals surface area contributed by atoms with Crippen LogP contribution in [-0.4, -0.2) is 67.0 Å². The molecule has 0 aromatic carbocycles. The second-order valence-corrected chi connectivity index (χ2v) is 14.7. The lowest BCUT2D eigenvalue weighted by molar-refractivity contribution is -0.0462. The zero-order chi connectivity index (χ0) is 34.5. The summed E-state index contributed by atoms with van der Waals surface area (Å²) in [6.07, 6.45) is 35.9. The lowest BCUT2D eigenvalue weighted by atomic mass is 10.0. The Hall–Kier alpha value is -0.310. The second-order valence-electron chi connectivity index (χ2n) is 13.3. The molecule has 3 unspecified atom stereocenters. The van der Waals surface area contributed by atoms with Gasteiger partial charge in [-0.1, -0.05) is 154 Å². The van der Waals surface area contributed by atoms with Crippen LogP contribution >= 0.6 is 7.82 Å². The van der Waals surface area contributed by atoms with Gasteiger partial charge in [-0.2, -0.15) is 0 Å². The number of phosphoric ester groups is 1. The van der Waals surface area contributed by atoms with Crippen LogP contribution in [0.5, 0.6) is 0 Å². The van der Waals surface area contributed by atoms with Gasteiger partial charge in [-0.3, -0.25) is 9.05 Å². The first-order valence-electron chi connectivity index (χ1n) is 19.7. The van der Waals surface area contributed by atoms with Crippen LogP contribution < -0.4 is 0 Å². The van der Waals surface area contributed by atoms with Crippen molar-refractivity contribution in [3.05, 3.63) is 12.2 Å². The first-order valence-corrected chi connectivity index (χ1v) is 21.2. The van der Waals surface area contributed by atoms with Crippen molar-refractivity contribution < 1.29 is 38.2 Å². The zero-order valence-corrected chi connectivity index (χ0v) is 31.7. The third-order valence-electron chi connectivity index (χ3n) is 8.52. The third-order valence-corrected chi connectivity index (χ3v) is 9.47. The van der Waals surface area contributed by atoms with E-state index in [1.165, 1.54) is 141 Å². The van der Waals surface area contributed by atoms with Crippen molar-refractivity contribution >= 4 is 7.82 Å². The molecular weight excluding hydrogens is 615 g/mol. The smallest absolute Gasteiger partial charge is 0.394 e. The van der Waals surface area contributed by atoms with Crippen LogP contribution in [0.25, 0.3) is 0 Å². The Morgan fingerprint density at radius 1 is 0.553 bits per heavy atom. The quantitative estimate of drug-likeness (QED) is 0.0331. The maximum absolute atomic E-state index is 12.2. The molecule has 0 saturated heterocycles. The van der Waals surface area contributed by atoms with Gasteiger partial charge in [0.2, 0.25) is 0 Å². The zero-order valence-electron chi connectivity index (χ0n) is 30.8. The van der Waals surface area contributed by atoms with Crippen LogP contribution in [-0.2, 0) is 23.1 Å². The summed E-state index contributed by atoms with van der Waals surface area (Å²) in [4.78, 5) is 9.94. The van der Waals surface area contributed by atoms with Gasteiger partial charge in [0.25, 0.3) is 0 Å². The summed E-state index contributed by atoms with van der Waals surface area (Å²) in [5.41, 5.74) is 0. The van der Waals surface area contributed by atoms with E-state index in [1.807, 2.05) is 0 Å². The van der Waals surface area contributed by atoms with Crippen molar-refractivity contribution in [1.82, 2.24) is 0 Å². The molecule has 3 atom stereocenters. The van der Waals surface area contributed by atoms with Crippen molar-refractivity contribution in [3.8, 4) is 0 Å². The number of phosphoric acid groups is 1. The molecular formula is C38H77O8P. The molecule has 0 fully saturated rings. The normalized spacial score (nSPS) is 14.6. The van der Waals surface area contributed by atoms with Gasteiger partial charge in [0.1, 0.15) is 12.2 Å². The molecule has 3 N–H and O–H groups in total. The fourth-order valence-corrected chi connectivity index (χ4v) is 6.24. The van der Waals surface area contributed by atoms with Gasteiger partial charge in [-0.05, 0) is 38.5 Å². The minimum atomic E-state index is -4.38. The number of aliphatic hydroxyl groups excluding tert-OH is 2. The molecule has 8 nitrogen and oxygen atoms in total. The predicted molar refractivity (Wildman–Crippen MR) is 196 cm³/mol. The van der Waals surface area contributed by atoms with Crippen LogP contribution in [0.3, 0.4) is 0 Å². The number of allylic oxidation sites excluding steroid dienone is 2. The van der Waals surface area contributed by atoms with Crippen molar-refractivity contribution in [2.75, 3.05) is 39.6 Å². The number of hydrogen-bond acceptors (Lipinski definition) is 7. The fourth-order valence-electron chi connectivity index (χ4n) is 5.45. The SMILES string of the molecule is CCCCCC/C=C\CCCCCCCCOC(COCCCCCCCCCCCCCCCC)COP(=O)(O)OCC(O)CO. The molecule has 0 aliphatic rings. The summed E-state index contributed by atoms with van der Waals surface area (Å²) in [6, 6.07) is 0. The van der Waals surface area contributed by atoms with E-state index in [9.17, 15) is 14.6 Å². The summed E-state index contributed by atoms with van der Waals surface area (Å²) in [6.45, 7) is 4.77. The Balaban J connectivity index is 4.06. The van der Waals surface area contributed by atoms with Crippen LogP contribution in [0.1, 0.15) is 181 Å². The summed E-state index contributed by atoms with van der Waals surface area (Å²) >= 11 is 0. The highest BCUT2D eigenvalue weighted by Crippen LogP contribution is 2.43. The van der Waals surface area contributed by atoms with Crippen molar-refractivity contribution in [2.45, 2.75) is 193 Å². The summed E-state index contributed by atoms with van der Waals surface area (Å²) in [5.74, 6) is 0. The maximum Gasteiger partial charge on any atom is 0.472 e. The monoisotopic (exact) mass is 693 g/mol. The molecule has 0 aromatic rings. The van der Waals surface area contributed by atoms with Crippen LogP contribution in [0.4, 0.5) is 0 Å². The lowest BCUT2D eigenvalue weighted by Gasteiger charge is -2.20. The molecule has 0 bridgehead atoms. The van der Waals surface area contributed by atoms with E-state index in [4.69, 9.17) is 23.6 Å². The van der Waals surface area contributed by atoms with Gasteiger partial charge < -0.3 is 24.6 Å². The Morgan fingerprint density at radius 2 is 0.957 bits per heavy atom. The molecule has 0 spiro atoms. The van der Waals surface area contributed by atoms with Gasteiger partial charge in [0, 0.05) is 13.2 Å². The highest BCUT2D eigenvalue weighted by Gasteiger charge is 2.25. The Bertz CT molecular complexity index is 693.